The van der Waals surface area contributed by atoms with E-state index in [0.29, 0.717) is 44.7 Å². The summed E-state index contributed by atoms with van der Waals surface area (Å²) in [6, 6.07) is 1.41. The minimum atomic E-state index is -3.61. The molecule has 0 bridgehead atoms. The first kappa shape index (κ1) is 24.4. The zero-order valence-electron chi connectivity index (χ0n) is 18.8. The van der Waals surface area contributed by atoms with Crippen LogP contribution < -0.4 is 5.32 Å². The number of nitrogens with one attached hydrogen (secondary N) is 1. The number of carbonyl (C=O) groups is 2. The molecular formula is C21H36N4O4S. The maximum Gasteiger partial charge on any atom is 0.268 e. The molecule has 0 aliphatic carbocycles. The summed E-state index contributed by atoms with van der Waals surface area (Å²) in [7, 11) is -1.94. The first-order valence-electron chi connectivity index (χ1n) is 11.0. The first-order chi connectivity index (χ1) is 14.2. The second-order valence-corrected chi connectivity index (χ2v) is 9.79. The second-order valence-electron chi connectivity index (χ2n) is 7.85. The Balaban J connectivity index is 2.01. The molecule has 1 aromatic rings. The molecule has 0 saturated carbocycles. The van der Waals surface area contributed by atoms with E-state index in [4.69, 9.17) is 0 Å². The third-order valence-electron chi connectivity index (χ3n) is 6.03. The Morgan fingerprint density at radius 2 is 1.70 bits per heavy atom. The van der Waals surface area contributed by atoms with Crippen molar-refractivity contribution in [3.05, 3.63) is 18.0 Å². The Kier molecular flexibility index (Phi) is 8.49. The van der Waals surface area contributed by atoms with E-state index in [1.54, 1.807) is 25.5 Å². The highest BCUT2D eigenvalue weighted by Gasteiger charge is 2.29. The van der Waals surface area contributed by atoms with Crippen molar-refractivity contribution in [1.82, 2.24) is 19.1 Å². The largest absolute Gasteiger partial charge is 0.348 e. The molecule has 1 saturated heterocycles. The number of aryl methyl sites for hydroxylation is 1. The zero-order valence-corrected chi connectivity index (χ0v) is 19.7. The summed E-state index contributed by atoms with van der Waals surface area (Å²) < 4.78 is 28.4. The number of nitrogens with zero attached hydrogens (tertiary/aromatic N) is 3. The molecule has 1 aliphatic rings. The van der Waals surface area contributed by atoms with Crippen molar-refractivity contribution >= 4 is 21.8 Å². The highest BCUT2D eigenvalue weighted by atomic mass is 32.2. The lowest BCUT2D eigenvalue weighted by Crippen LogP contribution is -2.48. The zero-order chi connectivity index (χ0) is 22.5. The van der Waals surface area contributed by atoms with Crippen molar-refractivity contribution < 1.29 is 18.0 Å². The Hall–Kier alpha value is -1.87. The third-order valence-corrected chi connectivity index (χ3v) is 8.05. The number of hydrogen-bond donors (Lipinski definition) is 1. The number of carbonyl (C=O) groups excluding carboxylic acids is 2. The summed E-state index contributed by atoms with van der Waals surface area (Å²) in [4.78, 5) is 27.3. The quantitative estimate of drug-likeness (QED) is 0.637. The fourth-order valence-corrected chi connectivity index (χ4v) is 5.54. The predicted octanol–water partition coefficient (Wildman–Crippen LogP) is 2.21. The van der Waals surface area contributed by atoms with Crippen LogP contribution in [0.15, 0.2) is 17.2 Å². The SMILES string of the molecule is CCC(CC)C(=O)N1CCC(NC(=O)c2cc(S(=O)(=O)N(CC)CC)cn2C)CC1. The lowest BCUT2D eigenvalue weighted by Gasteiger charge is -2.34. The van der Waals surface area contributed by atoms with Gasteiger partial charge < -0.3 is 14.8 Å². The lowest BCUT2D eigenvalue weighted by molar-refractivity contribution is -0.136. The van der Waals surface area contributed by atoms with E-state index in [2.05, 4.69) is 5.32 Å². The molecule has 2 heterocycles. The van der Waals surface area contributed by atoms with Gasteiger partial charge in [0.1, 0.15) is 10.6 Å². The van der Waals surface area contributed by atoms with Gasteiger partial charge in [0, 0.05) is 51.4 Å². The van der Waals surface area contributed by atoms with Crippen LogP contribution in [0, 0.1) is 5.92 Å². The number of likely N-dealkylation sites (tertiary alicyclic amines) is 1. The van der Waals surface area contributed by atoms with Gasteiger partial charge in [-0.1, -0.05) is 27.7 Å². The van der Waals surface area contributed by atoms with Crippen molar-refractivity contribution in [3.63, 3.8) is 0 Å². The number of hydrogen-bond acceptors (Lipinski definition) is 4. The molecule has 0 aromatic carbocycles. The molecule has 1 aliphatic heterocycles. The predicted molar refractivity (Wildman–Crippen MR) is 117 cm³/mol. The summed E-state index contributed by atoms with van der Waals surface area (Å²) in [5.41, 5.74) is 0.316. The standard InChI is InChI=1S/C21H36N4O4S/c1-6-16(7-2)21(27)24-12-10-17(11-13-24)22-20(26)19-14-18(15-23(19)5)30(28,29)25(8-3)9-4/h14-17H,6-13H2,1-5H3,(H,22,26). The van der Waals surface area contributed by atoms with E-state index in [0.717, 1.165) is 12.8 Å². The summed E-state index contributed by atoms with van der Waals surface area (Å²) >= 11 is 0. The van der Waals surface area contributed by atoms with Crippen LogP contribution >= 0.6 is 0 Å². The highest BCUT2D eigenvalue weighted by Crippen LogP contribution is 2.20. The highest BCUT2D eigenvalue weighted by molar-refractivity contribution is 7.89. The van der Waals surface area contributed by atoms with Gasteiger partial charge in [0.05, 0.1) is 0 Å². The van der Waals surface area contributed by atoms with Crippen LogP contribution in [0.2, 0.25) is 0 Å². The topological polar surface area (TPSA) is 91.7 Å². The van der Waals surface area contributed by atoms with Gasteiger partial charge in [-0.15, -0.1) is 0 Å². The fourth-order valence-electron chi connectivity index (χ4n) is 4.01. The Morgan fingerprint density at radius 3 is 2.20 bits per heavy atom. The molecule has 1 N–H and O–H groups in total. The normalized spacial score (nSPS) is 15.8. The molecule has 8 nitrogen and oxygen atoms in total. The van der Waals surface area contributed by atoms with Crippen molar-refractivity contribution in [2.75, 3.05) is 26.2 Å². The molecule has 0 atom stereocenters. The van der Waals surface area contributed by atoms with Crippen LogP contribution in [-0.4, -0.2) is 66.2 Å². The molecular weight excluding hydrogens is 404 g/mol. The van der Waals surface area contributed by atoms with E-state index < -0.39 is 10.0 Å². The molecule has 0 spiro atoms. The Bertz CT molecular complexity index is 833. The summed E-state index contributed by atoms with van der Waals surface area (Å²) in [5, 5.41) is 3.01. The van der Waals surface area contributed by atoms with Crippen LogP contribution in [0.4, 0.5) is 0 Å². The molecule has 1 fully saturated rings. The van der Waals surface area contributed by atoms with Crippen molar-refractivity contribution in [2.24, 2.45) is 13.0 Å². The first-order valence-corrected chi connectivity index (χ1v) is 12.4. The van der Waals surface area contributed by atoms with E-state index in [1.807, 2.05) is 18.7 Å². The number of amides is 2. The van der Waals surface area contributed by atoms with Crippen LogP contribution in [0.5, 0.6) is 0 Å². The maximum atomic E-state index is 12.8. The lowest BCUT2D eigenvalue weighted by atomic mass is 9.98. The van der Waals surface area contributed by atoms with Crippen molar-refractivity contribution in [3.8, 4) is 0 Å². The molecule has 170 valence electrons. The Labute approximate surface area is 180 Å². The molecule has 30 heavy (non-hydrogen) atoms. The van der Waals surface area contributed by atoms with Crippen LogP contribution in [-0.2, 0) is 21.9 Å². The van der Waals surface area contributed by atoms with Crippen LogP contribution in [0.3, 0.4) is 0 Å². The van der Waals surface area contributed by atoms with E-state index in [9.17, 15) is 18.0 Å². The van der Waals surface area contributed by atoms with Crippen molar-refractivity contribution in [2.45, 2.75) is 64.3 Å². The maximum absolute atomic E-state index is 12.8. The van der Waals surface area contributed by atoms with Gasteiger partial charge in [0.25, 0.3) is 5.91 Å². The molecule has 2 rings (SSSR count). The van der Waals surface area contributed by atoms with Gasteiger partial charge in [-0.3, -0.25) is 9.59 Å². The molecule has 1 aromatic heterocycles. The van der Waals surface area contributed by atoms with Gasteiger partial charge in [0.2, 0.25) is 15.9 Å². The molecule has 0 unspecified atom stereocenters. The Morgan fingerprint density at radius 1 is 1.13 bits per heavy atom. The van der Waals surface area contributed by atoms with Gasteiger partial charge >= 0.3 is 0 Å². The van der Waals surface area contributed by atoms with Gasteiger partial charge in [-0.25, -0.2) is 8.42 Å². The third kappa shape index (κ3) is 5.24. The monoisotopic (exact) mass is 440 g/mol. The average molecular weight is 441 g/mol. The van der Waals surface area contributed by atoms with E-state index >= 15 is 0 Å². The van der Waals surface area contributed by atoms with Crippen LogP contribution in [0.25, 0.3) is 0 Å². The molecule has 9 heteroatoms. The molecule has 2 amide bonds. The minimum Gasteiger partial charge on any atom is -0.348 e. The molecule has 0 radical (unpaired) electrons. The minimum absolute atomic E-state index is 0.0269. The van der Waals surface area contributed by atoms with Crippen LogP contribution in [0.1, 0.15) is 63.9 Å². The summed E-state index contributed by atoms with van der Waals surface area (Å²) in [6.45, 7) is 9.67. The second kappa shape index (κ2) is 10.4. The number of sulfonamides is 1. The summed E-state index contributed by atoms with van der Waals surface area (Å²) in [6.07, 6.45) is 4.58. The number of piperidine rings is 1. The van der Waals surface area contributed by atoms with E-state index in [1.165, 1.54) is 16.6 Å². The van der Waals surface area contributed by atoms with Gasteiger partial charge in [0.15, 0.2) is 0 Å². The number of aromatic nitrogens is 1. The van der Waals surface area contributed by atoms with Gasteiger partial charge in [-0.05, 0) is 31.7 Å². The smallest absolute Gasteiger partial charge is 0.268 e. The van der Waals surface area contributed by atoms with Crippen molar-refractivity contribution in [1.29, 1.82) is 0 Å². The number of rotatable bonds is 9. The van der Waals surface area contributed by atoms with E-state index in [-0.39, 0.29) is 28.7 Å². The fraction of sp³-hybridized carbons (Fsp3) is 0.714. The summed E-state index contributed by atoms with van der Waals surface area (Å²) in [5.74, 6) is -0.00702. The van der Waals surface area contributed by atoms with Gasteiger partial charge in [-0.2, -0.15) is 4.31 Å². The average Bonchev–Trinajstić information content (AvgIpc) is 3.13.